The van der Waals surface area contributed by atoms with Crippen molar-refractivity contribution in [3.05, 3.63) is 34.9 Å². The molecule has 0 aliphatic heterocycles. The summed E-state index contributed by atoms with van der Waals surface area (Å²) in [6.07, 6.45) is 2.22. The summed E-state index contributed by atoms with van der Waals surface area (Å²) in [7, 11) is 0. The SMILES string of the molecule is CCC(C)(CNC(C)(C)C)Cc1cccc(Cl)c1. The van der Waals surface area contributed by atoms with Crippen LogP contribution in [-0.2, 0) is 6.42 Å². The van der Waals surface area contributed by atoms with E-state index in [1.54, 1.807) is 0 Å². The lowest BCUT2D eigenvalue weighted by Gasteiger charge is -2.33. The van der Waals surface area contributed by atoms with E-state index in [-0.39, 0.29) is 11.0 Å². The number of rotatable bonds is 5. The Labute approximate surface area is 117 Å². The number of nitrogens with one attached hydrogen (secondary N) is 1. The Morgan fingerprint density at radius 1 is 1.17 bits per heavy atom. The molecular weight excluding hydrogens is 242 g/mol. The summed E-state index contributed by atoms with van der Waals surface area (Å²) in [5.41, 5.74) is 1.77. The third-order valence-corrected chi connectivity index (χ3v) is 3.65. The van der Waals surface area contributed by atoms with Crippen molar-refractivity contribution in [2.24, 2.45) is 5.41 Å². The first-order chi connectivity index (χ1) is 8.24. The lowest BCUT2D eigenvalue weighted by molar-refractivity contribution is 0.255. The van der Waals surface area contributed by atoms with Gasteiger partial charge < -0.3 is 5.32 Å². The Balaban J connectivity index is 2.70. The van der Waals surface area contributed by atoms with Crippen LogP contribution in [0.1, 0.15) is 46.6 Å². The first kappa shape index (κ1) is 15.5. The van der Waals surface area contributed by atoms with Crippen LogP contribution >= 0.6 is 11.6 Å². The second-order valence-corrected chi connectivity index (χ2v) is 7.01. The molecule has 0 amide bonds. The Bertz CT molecular complexity index is 381. The maximum absolute atomic E-state index is 6.05. The molecule has 18 heavy (non-hydrogen) atoms. The summed E-state index contributed by atoms with van der Waals surface area (Å²) in [6, 6.07) is 8.20. The van der Waals surface area contributed by atoms with Crippen LogP contribution in [0.3, 0.4) is 0 Å². The molecule has 0 bridgehead atoms. The van der Waals surface area contributed by atoms with Crippen LogP contribution in [0.25, 0.3) is 0 Å². The summed E-state index contributed by atoms with van der Waals surface area (Å²) >= 11 is 6.05. The van der Waals surface area contributed by atoms with E-state index < -0.39 is 0 Å². The topological polar surface area (TPSA) is 12.0 Å². The summed E-state index contributed by atoms with van der Waals surface area (Å²) in [5, 5.41) is 4.44. The van der Waals surface area contributed by atoms with Gasteiger partial charge in [-0.25, -0.2) is 0 Å². The van der Waals surface area contributed by atoms with Gasteiger partial charge in [-0.1, -0.05) is 37.6 Å². The molecule has 1 aromatic rings. The van der Waals surface area contributed by atoms with Gasteiger partial charge in [-0.05, 0) is 56.7 Å². The van der Waals surface area contributed by atoms with Crippen LogP contribution in [-0.4, -0.2) is 12.1 Å². The van der Waals surface area contributed by atoms with Crippen molar-refractivity contribution in [2.45, 2.75) is 53.0 Å². The van der Waals surface area contributed by atoms with Gasteiger partial charge in [0, 0.05) is 17.1 Å². The molecule has 1 nitrogen and oxygen atoms in total. The van der Waals surface area contributed by atoms with E-state index in [0.717, 1.165) is 24.4 Å². The van der Waals surface area contributed by atoms with Crippen molar-refractivity contribution in [3.63, 3.8) is 0 Å². The highest BCUT2D eigenvalue weighted by Crippen LogP contribution is 2.27. The smallest absolute Gasteiger partial charge is 0.0408 e. The van der Waals surface area contributed by atoms with Crippen molar-refractivity contribution in [1.29, 1.82) is 0 Å². The van der Waals surface area contributed by atoms with E-state index in [9.17, 15) is 0 Å². The Morgan fingerprint density at radius 2 is 1.83 bits per heavy atom. The first-order valence-electron chi connectivity index (χ1n) is 6.74. The van der Waals surface area contributed by atoms with Crippen LogP contribution in [0.2, 0.25) is 5.02 Å². The summed E-state index contributed by atoms with van der Waals surface area (Å²) in [6.45, 7) is 12.3. The second kappa shape index (κ2) is 6.08. The molecule has 0 saturated heterocycles. The van der Waals surface area contributed by atoms with Crippen molar-refractivity contribution >= 4 is 11.6 Å². The number of benzene rings is 1. The van der Waals surface area contributed by atoms with Crippen molar-refractivity contribution < 1.29 is 0 Å². The molecule has 0 heterocycles. The Kier molecular flexibility index (Phi) is 5.24. The van der Waals surface area contributed by atoms with Gasteiger partial charge in [-0.3, -0.25) is 0 Å². The minimum absolute atomic E-state index is 0.171. The van der Waals surface area contributed by atoms with Crippen LogP contribution in [0.15, 0.2) is 24.3 Å². The highest BCUT2D eigenvalue weighted by Gasteiger charge is 2.24. The number of hydrogen-bond acceptors (Lipinski definition) is 1. The second-order valence-electron chi connectivity index (χ2n) is 6.57. The maximum atomic E-state index is 6.05. The van der Waals surface area contributed by atoms with E-state index in [0.29, 0.717) is 0 Å². The van der Waals surface area contributed by atoms with Gasteiger partial charge in [0.2, 0.25) is 0 Å². The molecule has 0 spiro atoms. The zero-order valence-electron chi connectivity index (χ0n) is 12.3. The molecule has 1 aromatic carbocycles. The fourth-order valence-electron chi connectivity index (χ4n) is 1.93. The van der Waals surface area contributed by atoms with Crippen LogP contribution in [0.5, 0.6) is 0 Å². The summed E-state index contributed by atoms with van der Waals surface area (Å²) < 4.78 is 0. The first-order valence-corrected chi connectivity index (χ1v) is 7.11. The fourth-order valence-corrected chi connectivity index (χ4v) is 2.14. The summed E-state index contributed by atoms with van der Waals surface area (Å²) in [5.74, 6) is 0. The summed E-state index contributed by atoms with van der Waals surface area (Å²) in [4.78, 5) is 0. The standard InChI is InChI=1S/C16H26ClN/c1-6-16(5,12-18-15(2,3)4)11-13-8-7-9-14(17)10-13/h7-10,18H,6,11-12H2,1-5H3. The average Bonchev–Trinajstić information content (AvgIpc) is 2.26. The lowest BCUT2D eigenvalue weighted by Crippen LogP contribution is -2.43. The van der Waals surface area contributed by atoms with Crippen LogP contribution < -0.4 is 5.32 Å². The van der Waals surface area contributed by atoms with Gasteiger partial charge in [0.15, 0.2) is 0 Å². The van der Waals surface area contributed by atoms with E-state index in [1.807, 2.05) is 12.1 Å². The van der Waals surface area contributed by atoms with Crippen LogP contribution in [0.4, 0.5) is 0 Å². The van der Waals surface area contributed by atoms with E-state index in [1.165, 1.54) is 5.56 Å². The lowest BCUT2D eigenvalue weighted by atomic mass is 9.80. The third-order valence-electron chi connectivity index (χ3n) is 3.42. The van der Waals surface area contributed by atoms with Crippen molar-refractivity contribution in [1.82, 2.24) is 5.32 Å². The quantitative estimate of drug-likeness (QED) is 0.816. The number of halogens is 1. The molecule has 0 aromatic heterocycles. The van der Waals surface area contributed by atoms with Gasteiger partial charge in [0.1, 0.15) is 0 Å². The van der Waals surface area contributed by atoms with Gasteiger partial charge >= 0.3 is 0 Å². The molecule has 0 radical (unpaired) electrons. The Hall–Kier alpha value is -0.530. The minimum Gasteiger partial charge on any atom is -0.312 e. The highest BCUT2D eigenvalue weighted by atomic mass is 35.5. The molecule has 1 rings (SSSR count). The third kappa shape index (κ3) is 5.41. The molecule has 0 saturated carbocycles. The molecular formula is C16H26ClN. The molecule has 0 fully saturated rings. The van der Waals surface area contributed by atoms with Gasteiger partial charge in [0.25, 0.3) is 0 Å². The molecule has 2 heteroatoms. The molecule has 1 unspecified atom stereocenters. The normalized spacial score (nSPS) is 15.4. The number of hydrogen-bond donors (Lipinski definition) is 1. The predicted octanol–water partition coefficient (Wildman–Crippen LogP) is 4.69. The maximum Gasteiger partial charge on any atom is 0.0408 e. The largest absolute Gasteiger partial charge is 0.312 e. The zero-order valence-corrected chi connectivity index (χ0v) is 13.1. The highest BCUT2D eigenvalue weighted by molar-refractivity contribution is 6.30. The molecule has 0 aliphatic carbocycles. The predicted molar refractivity (Wildman–Crippen MR) is 81.3 cm³/mol. The van der Waals surface area contributed by atoms with E-state index in [4.69, 9.17) is 11.6 Å². The van der Waals surface area contributed by atoms with Gasteiger partial charge in [-0.2, -0.15) is 0 Å². The zero-order chi connectivity index (χ0) is 13.8. The average molecular weight is 268 g/mol. The van der Waals surface area contributed by atoms with Crippen LogP contribution in [0, 0.1) is 5.41 Å². The monoisotopic (exact) mass is 267 g/mol. The molecule has 1 N–H and O–H groups in total. The molecule has 102 valence electrons. The van der Waals surface area contributed by atoms with Crippen molar-refractivity contribution in [3.8, 4) is 0 Å². The molecule has 0 aliphatic rings. The van der Waals surface area contributed by atoms with E-state index in [2.05, 4.69) is 52.1 Å². The van der Waals surface area contributed by atoms with Crippen molar-refractivity contribution in [2.75, 3.05) is 6.54 Å². The molecule has 1 atom stereocenters. The van der Waals surface area contributed by atoms with Gasteiger partial charge in [0.05, 0.1) is 0 Å². The fraction of sp³-hybridized carbons (Fsp3) is 0.625. The van der Waals surface area contributed by atoms with E-state index >= 15 is 0 Å². The minimum atomic E-state index is 0.171. The van der Waals surface area contributed by atoms with Gasteiger partial charge in [-0.15, -0.1) is 0 Å². The Morgan fingerprint density at radius 3 is 2.33 bits per heavy atom.